The van der Waals surface area contributed by atoms with Crippen molar-refractivity contribution in [3.8, 4) is 0 Å². The molecule has 0 spiro atoms. The van der Waals surface area contributed by atoms with Crippen molar-refractivity contribution < 1.29 is 9.53 Å². The molecule has 0 aliphatic heterocycles. The van der Waals surface area contributed by atoms with Gasteiger partial charge in [-0.15, -0.1) is 0 Å². The zero-order valence-electron chi connectivity index (χ0n) is 11.8. The van der Waals surface area contributed by atoms with Crippen molar-refractivity contribution in [3.63, 3.8) is 0 Å². The molecular weight excluding hydrogens is 214 g/mol. The molecular formula is C14H23NO2. The van der Waals surface area contributed by atoms with E-state index >= 15 is 0 Å². The lowest BCUT2D eigenvalue weighted by atomic mass is 10.1. The average molecular weight is 237 g/mol. The lowest BCUT2D eigenvalue weighted by Gasteiger charge is -2.18. The minimum Gasteiger partial charge on any atom is -0.368 e. The number of carbonyl (C=O) groups is 1. The Morgan fingerprint density at radius 1 is 1.35 bits per heavy atom. The predicted molar refractivity (Wildman–Crippen MR) is 69.6 cm³/mol. The third-order valence-electron chi connectivity index (χ3n) is 2.83. The van der Waals surface area contributed by atoms with Gasteiger partial charge in [-0.3, -0.25) is 4.79 Å². The molecule has 1 aromatic rings. The Labute approximate surface area is 104 Å². The van der Waals surface area contributed by atoms with Gasteiger partial charge in [-0.05, 0) is 47.6 Å². The highest BCUT2D eigenvalue weighted by Gasteiger charge is 2.18. The van der Waals surface area contributed by atoms with E-state index in [1.54, 1.807) is 0 Å². The molecule has 0 N–H and O–H groups in total. The molecule has 0 fully saturated rings. The second-order valence-electron chi connectivity index (χ2n) is 5.35. The fourth-order valence-electron chi connectivity index (χ4n) is 1.93. The first-order valence-corrected chi connectivity index (χ1v) is 6.10. The molecule has 3 heteroatoms. The fourth-order valence-corrected chi connectivity index (χ4v) is 1.93. The Morgan fingerprint density at radius 3 is 2.35 bits per heavy atom. The summed E-state index contributed by atoms with van der Waals surface area (Å²) in [5, 5.41) is 0. The van der Waals surface area contributed by atoms with Crippen LogP contribution in [0, 0.1) is 13.8 Å². The summed E-state index contributed by atoms with van der Waals surface area (Å²) in [6, 6.07) is 1.95. The van der Waals surface area contributed by atoms with Crippen LogP contribution in [0.5, 0.6) is 0 Å². The molecule has 0 bridgehead atoms. The SMILES string of the molecule is CCn1c(C)cc(C(=O)COC(C)(C)C)c1C. The summed E-state index contributed by atoms with van der Waals surface area (Å²) in [6.07, 6.45) is 0. The number of carbonyl (C=O) groups excluding carboxylic acids is 1. The van der Waals surface area contributed by atoms with Crippen LogP contribution in [0.1, 0.15) is 49.4 Å². The highest BCUT2D eigenvalue weighted by molar-refractivity contribution is 5.98. The van der Waals surface area contributed by atoms with Crippen molar-refractivity contribution in [3.05, 3.63) is 23.0 Å². The van der Waals surface area contributed by atoms with Gasteiger partial charge in [-0.25, -0.2) is 0 Å². The summed E-state index contributed by atoms with van der Waals surface area (Å²) in [5.41, 5.74) is 2.68. The Hall–Kier alpha value is -1.09. The van der Waals surface area contributed by atoms with E-state index in [0.29, 0.717) is 0 Å². The number of ether oxygens (including phenoxy) is 1. The van der Waals surface area contributed by atoms with Crippen LogP contribution >= 0.6 is 0 Å². The number of aromatic nitrogens is 1. The molecule has 0 saturated heterocycles. The van der Waals surface area contributed by atoms with E-state index in [0.717, 1.165) is 23.5 Å². The third kappa shape index (κ3) is 3.43. The van der Waals surface area contributed by atoms with Crippen LogP contribution < -0.4 is 0 Å². The maximum Gasteiger partial charge on any atom is 0.190 e. The fraction of sp³-hybridized carbons (Fsp3) is 0.643. The third-order valence-corrected chi connectivity index (χ3v) is 2.83. The number of rotatable bonds is 4. The monoisotopic (exact) mass is 237 g/mol. The van der Waals surface area contributed by atoms with Gasteiger partial charge < -0.3 is 9.30 Å². The zero-order chi connectivity index (χ0) is 13.2. The van der Waals surface area contributed by atoms with E-state index in [1.165, 1.54) is 0 Å². The quantitative estimate of drug-likeness (QED) is 0.753. The smallest absolute Gasteiger partial charge is 0.190 e. The number of hydrogen-bond donors (Lipinski definition) is 0. The summed E-state index contributed by atoms with van der Waals surface area (Å²) >= 11 is 0. The number of nitrogens with zero attached hydrogens (tertiary/aromatic N) is 1. The zero-order valence-corrected chi connectivity index (χ0v) is 11.8. The van der Waals surface area contributed by atoms with Gasteiger partial charge >= 0.3 is 0 Å². The van der Waals surface area contributed by atoms with Crippen molar-refractivity contribution in [2.24, 2.45) is 0 Å². The largest absolute Gasteiger partial charge is 0.368 e. The van der Waals surface area contributed by atoms with E-state index in [2.05, 4.69) is 11.5 Å². The van der Waals surface area contributed by atoms with Crippen LogP contribution in [0.3, 0.4) is 0 Å². The van der Waals surface area contributed by atoms with Crippen molar-refractivity contribution in [1.29, 1.82) is 0 Å². The first-order valence-electron chi connectivity index (χ1n) is 6.10. The van der Waals surface area contributed by atoms with E-state index < -0.39 is 0 Å². The number of Topliss-reactive ketones (excluding diaryl/α,β-unsaturated/α-hetero) is 1. The van der Waals surface area contributed by atoms with Gasteiger partial charge in [-0.2, -0.15) is 0 Å². The van der Waals surface area contributed by atoms with Crippen molar-refractivity contribution in [2.45, 2.75) is 53.7 Å². The van der Waals surface area contributed by atoms with Gasteiger partial charge in [0.1, 0.15) is 6.61 Å². The second-order valence-corrected chi connectivity index (χ2v) is 5.35. The van der Waals surface area contributed by atoms with Crippen LogP contribution in [-0.2, 0) is 11.3 Å². The summed E-state index contributed by atoms with van der Waals surface area (Å²) in [6.45, 7) is 13.0. The van der Waals surface area contributed by atoms with Crippen LogP contribution in [0.25, 0.3) is 0 Å². The van der Waals surface area contributed by atoms with Gasteiger partial charge in [0.25, 0.3) is 0 Å². The standard InChI is InChI=1S/C14H23NO2/c1-7-15-10(2)8-12(11(15)3)13(16)9-17-14(4,5)6/h8H,7,9H2,1-6H3. The van der Waals surface area contributed by atoms with Gasteiger partial charge in [-0.1, -0.05) is 0 Å². The van der Waals surface area contributed by atoms with Crippen LogP contribution in [0.4, 0.5) is 0 Å². The Morgan fingerprint density at radius 2 is 1.94 bits per heavy atom. The van der Waals surface area contributed by atoms with Gasteiger partial charge in [0, 0.05) is 23.5 Å². The van der Waals surface area contributed by atoms with Crippen molar-refractivity contribution >= 4 is 5.78 Å². The molecule has 1 rings (SSSR count). The minimum atomic E-state index is -0.272. The Kier molecular flexibility index (Phi) is 4.15. The highest BCUT2D eigenvalue weighted by atomic mass is 16.5. The van der Waals surface area contributed by atoms with Gasteiger partial charge in [0.05, 0.1) is 5.60 Å². The lowest BCUT2D eigenvalue weighted by Crippen LogP contribution is -2.23. The number of ketones is 1. The molecule has 1 heterocycles. The molecule has 0 atom stereocenters. The van der Waals surface area contributed by atoms with Crippen LogP contribution in [0.15, 0.2) is 6.07 Å². The first kappa shape index (κ1) is 14.0. The Balaban J connectivity index is 2.83. The van der Waals surface area contributed by atoms with Crippen LogP contribution in [0.2, 0.25) is 0 Å². The lowest BCUT2D eigenvalue weighted by molar-refractivity contribution is 0.00303. The van der Waals surface area contributed by atoms with Gasteiger partial charge in [0.15, 0.2) is 5.78 Å². The predicted octanol–water partition coefficient (Wildman–Crippen LogP) is 3.12. The normalized spacial score (nSPS) is 11.9. The molecule has 0 aliphatic rings. The van der Waals surface area contributed by atoms with E-state index in [9.17, 15) is 4.79 Å². The molecule has 0 amide bonds. The van der Waals surface area contributed by atoms with Crippen LogP contribution in [-0.4, -0.2) is 22.6 Å². The molecule has 3 nitrogen and oxygen atoms in total. The number of hydrogen-bond acceptors (Lipinski definition) is 2. The van der Waals surface area contributed by atoms with Crippen molar-refractivity contribution in [1.82, 2.24) is 4.57 Å². The molecule has 0 unspecified atom stereocenters. The number of aryl methyl sites for hydroxylation is 1. The molecule has 96 valence electrons. The summed E-state index contributed by atoms with van der Waals surface area (Å²) in [4.78, 5) is 12.1. The van der Waals surface area contributed by atoms with Gasteiger partial charge in [0.2, 0.25) is 0 Å². The van der Waals surface area contributed by atoms with Crippen molar-refractivity contribution in [2.75, 3.05) is 6.61 Å². The van der Waals surface area contributed by atoms with E-state index in [1.807, 2.05) is 40.7 Å². The second kappa shape index (κ2) is 5.05. The minimum absolute atomic E-state index is 0.0627. The van der Waals surface area contributed by atoms with E-state index in [4.69, 9.17) is 4.74 Å². The molecule has 0 saturated carbocycles. The summed E-state index contributed by atoms with van der Waals surface area (Å²) in [5.74, 6) is 0.0627. The van der Waals surface area contributed by atoms with E-state index in [-0.39, 0.29) is 18.0 Å². The summed E-state index contributed by atoms with van der Waals surface area (Å²) < 4.78 is 7.67. The molecule has 1 aromatic heterocycles. The summed E-state index contributed by atoms with van der Waals surface area (Å²) in [7, 11) is 0. The average Bonchev–Trinajstić information content (AvgIpc) is 2.49. The molecule has 0 radical (unpaired) electrons. The maximum atomic E-state index is 12.1. The first-order chi connectivity index (χ1) is 7.76. The molecule has 0 aromatic carbocycles. The molecule has 17 heavy (non-hydrogen) atoms. The molecule has 0 aliphatic carbocycles. The Bertz CT molecular complexity index is 411. The topological polar surface area (TPSA) is 31.2 Å². The highest BCUT2D eigenvalue weighted by Crippen LogP contribution is 2.16. The maximum absolute atomic E-state index is 12.1.